The summed E-state index contributed by atoms with van der Waals surface area (Å²) in [7, 11) is 0. The predicted octanol–water partition coefficient (Wildman–Crippen LogP) is 4.31. The van der Waals surface area contributed by atoms with Crippen molar-refractivity contribution in [2.24, 2.45) is 0 Å². The van der Waals surface area contributed by atoms with Crippen LogP contribution in [0.5, 0.6) is 0 Å². The van der Waals surface area contributed by atoms with Gasteiger partial charge in [0.05, 0.1) is 15.7 Å². The lowest BCUT2D eigenvalue weighted by atomic mass is 10.2. The number of aromatic nitrogens is 2. The van der Waals surface area contributed by atoms with Gasteiger partial charge < -0.3 is 4.40 Å². The third-order valence-electron chi connectivity index (χ3n) is 2.58. The average Bonchev–Trinajstić information content (AvgIpc) is 2.71. The molecule has 0 aliphatic rings. The number of imidazole rings is 1. The molecule has 2 heterocycles. The van der Waals surface area contributed by atoms with E-state index in [1.165, 1.54) is 0 Å². The minimum absolute atomic E-state index is 0.612. The van der Waals surface area contributed by atoms with Crippen molar-refractivity contribution in [3.8, 4) is 11.3 Å². The van der Waals surface area contributed by atoms with Gasteiger partial charge in [0.2, 0.25) is 0 Å². The highest BCUT2D eigenvalue weighted by Crippen LogP contribution is 2.33. The maximum atomic E-state index is 6.16. The van der Waals surface area contributed by atoms with E-state index >= 15 is 0 Å². The Bertz CT molecular complexity index is 635. The van der Waals surface area contributed by atoms with Crippen LogP contribution in [0.1, 0.15) is 0 Å². The number of hydrogen-bond acceptors (Lipinski definition) is 1. The molecule has 0 saturated carbocycles. The number of nitrogens with zero attached hydrogens (tertiary/aromatic N) is 2. The molecule has 1 aromatic carbocycles. The second kappa shape index (κ2) is 4.06. The first-order valence-electron chi connectivity index (χ1n) is 5.14. The molecule has 0 saturated heterocycles. The van der Waals surface area contributed by atoms with Crippen LogP contribution in [0, 0.1) is 0 Å². The summed E-state index contributed by atoms with van der Waals surface area (Å²) in [5.41, 5.74) is 2.44. The summed E-state index contributed by atoms with van der Waals surface area (Å²) in [4.78, 5) is 4.50. The van der Waals surface area contributed by atoms with Gasteiger partial charge in [0, 0.05) is 18.0 Å². The molecule has 2 nitrogen and oxygen atoms in total. The molecule has 3 rings (SSSR count). The lowest BCUT2D eigenvalue weighted by molar-refractivity contribution is 1.19. The highest BCUT2D eigenvalue weighted by molar-refractivity contribution is 6.39. The largest absolute Gasteiger partial charge is 0.306 e. The highest BCUT2D eigenvalue weighted by Gasteiger charge is 2.11. The zero-order valence-electron chi connectivity index (χ0n) is 8.77. The Morgan fingerprint density at radius 2 is 1.71 bits per heavy atom. The number of benzene rings is 1. The van der Waals surface area contributed by atoms with Crippen molar-refractivity contribution in [1.29, 1.82) is 0 Å². The summed E-state index contributed by atoms with van der Waals surface area (Å²) < 4.78 is 1.94. The van der Waals surface area contributed by atoms with Crippen LogP contribution in [0.3, 0.4) is 0 Å². The van der Waals surface area contributed by atoms with Crippen molar-refractivity contribution >= 4 is 28.8 Å². The van der Waals surface area contributed by atoms with Crippen molar-refractivity contribution in [1.82, 2.24) is 9.38 Å². The smallest absolute Gasteiger partial charge is 0.137 e. The van der Waals surface area contributed by atoms with Gasteiger partial charge in [-0.1, -0.05) is 35.3 Å². The second-order valence-corrected chi connectivity index (χ2v) is 4.50. The standard InChI is InChI=1S/C13H8Cl2N2/c14-9-4-3-5-10(15)13(9)11-8-17-7-2-1-6-12(17)16-11/h1-8H. The van der Waals surface area contributed by atoms with Crippen molar-refractivity contribution in [3.63, 3.8) is 0 Å². The SMILES string of the molecule is Clc1cccc(Cl)c1-c1cn2ccccc2n1. The van der Waals surface area contributed by atoms with Gasteiger partial charge in [-0.15, -0.1) is 0 Å². The molecule has 2 aromatic heterocycles. The molecular weight excluding hydrogens is 255 g/mol. The molecule has 17 heavy (non-hydrogen) atoms. The zero-order chi connectivity index (χ0) is 11.8. The van der Waals surface area contributed by atoms with Crippen LogP contribution < -0.4 is 0 Å². The van der Waals surface area contributed by atoms with Gasteiger partial charge in [-0.25, -0.2) is 4.98 Å². The van der Waals surface area contributed by atoms with E-state index in [2.05, 4.69) is 4.98 Å². The van der Waals surface area contributed by atoms with Crippen LogP contribution in [-0.4, -0.2) is 9.38 Å². The van der Waals surface area contributed by atoms with Gasteiger partial charge in [0.1, 0.15) is 5.65 Å². The number of fused-ring (bicyclic) bond motifs is 1. The Morgan fingerprint density at radius 1 is 0.941 bits per heavy atom. The molecule has 4 heteroatoms. The third-order valence-corrected chi connectivity index (χ3v) is 3.21. The van der Waals surface area contributed by atoms with Crippen LogP contribution in [0.4, 0.5) is 0 Å². The van der Waals surface area contributed by atoms with Crippen molar-refractivity contribution < 1.29 is 0 Å². The van der Waals surface area contributed by atoms with E-state index in [4.69, 9.17) is 23.2 Å². The maximum absolute atomic E-state index is 6.16. The number of halogens is 2. The number of hydrogen-bond donors (Lipinski definition) is 0. The molecule has 3 aromatic rings. The molecule has 0 bridgehead atoms. The first kappa shape index (κ1) is 10.6. The summed E-state index contributed by atoms with van der Waals surface area (Å²) in [5.74, 6) is 0. The molecule has 84 valence electrons. The summed E-state index contributed by atoms with van der Waals surface area (Å²) in [6.07, 6.45) is 3.86. The van der Waals surface area contributed by atoms with Gasteiger partial charge in [-0.05, 0) is 24.3 Å². The maximum Gasteiger partial charge on any atom is 0.137 e. The van der Waals surface area contributed by atoms with Crippen LogP contribution in [-0.2, 0) is 0 Å². The average molecular weight is 263 g/mol. The van der Waals surface area contributed by atoms with E-state index in [1.807, 2.05) is 53.2 Å². The van der Waals surface area contributed by atoms with Gasteiger partial charge >= 0.3 is 0 Å². The fraction of sp³-hybridized carbons (Fsp3) is 0. The van der Waals surface area contributed by atoms with Crippen LogP contribution >= 0.6 is 23.2 Å². The summed E-state index contributed by atoms with van der Waals surface area (Å²) >= 11 is 12.3. The molecular formula is C13H8Cl2N2. The Morgan fingerprint density at radius 3 is 2.41 bits per heavy atom. The zero-order valence-corrected chi connectivity index (χ0v) is 10.3. The van der Waals surface area contributed by atoms with Crippen LogP contribution in [0.25, 0.3) is 16.9 Å². The quantitative estimate of drug-likeness (QED) is 0.639. The fourth-order valence-electron chi connectivity index (χ4n) is 1.80. The van der Waals surface area contributed by atoms with Gasteiger partial charge in [-0.2, -0.15) is 0 Å². The Labute approximate surface area is 108 Å². The molecule has 0 aliphatic heterocycles. The highest BCUT2D eigenvalue weighted by atomic mass is 35.5. The van der Waals surface area contributed by atoms with E-state index < -0.39 is 0 Å². The molecule has 0 radical (unpaired) electrons. The molecule has 0 atom stereocenters. The Kier molecular flexibility index (Phi) is 2.54. The Balaban J connectivity index is 2.27. The van der Waals surface area contributed by atoms with E-state index in [-0.39, 0.29) is 0 Å². The van der Waals surface area contributed by atoms with Crippen molar-refractivity contribution in [2.75, 3.05) is 0 Å². The van der Waals surface area contributed by atoms with E-state index in [0.29, 0.717) is 10.0 Å². The summed E-state index contributed by atoms with van der Waals surface area (Å²) in [6.45, 7) is 0. The first-order chi connectivity index (χ1) is 8.25. The van der Waals surface area contributed by atoms with Gasteiger partial charge in [-0.3, -0.25) is 0 Å². The summed E-state index contributed by atoms with van der Waals surface area (Å²) in [6, 6.07) is 11.3. The topological polar surface area (TPSA) is 17.3 Å². The second-order valence-electron chi connectivity index (χ2n) is 3.69. The lowest BCUT2D eigenvalue weighted by Gasteiger charge is -2.02. The summed E-state index contributed by atoms with van der Waals surface area (Å²) in [5, 5.41) is 1.22. The van der Waals surface area contributed by atoms with Crippen molar-refractivity contribution in [2.45, 2.75) is 0 Å². The van der Waals surface area contributed by atoms with E-state index in [1.54, 1.807) is 0 Å². The molecule has 0 unspecified atom stereocenters. The van der Waals surface area contributed by atoms with E-state index in [9.17, 15) is 0 Å². The molecule has 0 amide bonds. The Hall–Kier alpha value is -1.51. The third kappa shape index (κ3) is 1.79. The van der Waals surface area contributed by atoms with Crippen molar-refractivity contribution in [3.05, 3.63) is 58.8 Å². The first-order valence-corrected chi connectivity index (χ1v) is 5.89. The molecule has 0 fully saturated rings. The molecule has 0 aliphatic carbocycles. The molecule has 0 N–H and O–H groups in total. The van der Waals surface area contributed by atoms with Gasteiger partial charge in [0.25, 0.3) is 0 Å². The minimum atomic E-state index is 0.612. The fourth-order valence-corrected chi connectivity index (χ4v) is 2.39. The van der Waals surface area contributed by atoms with Crippen LogP contribution in [0.2, 0.25) is 10.0 Å². The normalized spacial score (nSPS) is 10.9. The minimum Gasteiger partial charge on any atom is -0.306 e. The number of rotatable bonds is 1. The molecule has 0 spiro atoms. The lowest BCUT2D eigenvalue weighted by Crippen LogP contribution is -1.80. The number of pyridine rings is 1. The monoisotopic (exact) mass is 262 g/mol. The van der Waals surface area contributed by atoms with Crippen LogP contribution in [0.15, 0.2) is 48.8 Å². The van der Waals surface area contributed by atoms with Gasteiger partial charge in [0.15, 0.2) is 0 Å². The predicted molar refractivity (Wildman–Crippen MR) is 70.6 cm³/mol. The van der Waals surface area contributed by atoms with E-state index in [0.717, 1.165) is 16.9 Å².